The van der Waals surface area contributed by atoms with E-state index in [9.17, 15) is 10.1 Å². The van der Waals surface area contributed by atoms with Gasteiger partial charge < -0.3 is 5.32 Å². The average molecular weight is 241 g/mol. The Labute approximate surface area is 98.8 Å². The molecule has 1 saturated carbocycles. The third-order valence-electron chi connectivity index (χ3n) is 2.93. The van der Waals surface area contributed by atoms with Gasteiger partial charge in [0.25, 0.3) is 5.69 Å². The standard InChI is InChI=1S/C11H13ClN2O2/c1-7-5-10(14(15)16)8(12)6-9(7)13-11(2)3-4-11/h5-6,13H,3-4H2,1-2H3. The summed E-state index contributed by atoms with van der Waals surface area (Å²) in [5.74, 6) is 0. The number of nitrogens with zero attached hydrogens (tertiary/aromatic N) is 1. The maximum absolute atomic E-state index is 10.7. The molecule has 0 heterocycles. The Morgan fingerprint density at radius 3 is 2.62 bits per heavy atom. The first-order chi connectivity index (χ1) is 7.41. The van der Waals surface area contributed by atoms with Gasteiger partial charge in [-0.15, -0.1) is 0 Å². The van der Waals surface area contributed by atoms with Crippen LogP contribution in [0, 0.1) is 17.0 Å². The van der Waals surface area contributed by atoms with Gasteiger partial charge in [0.15, 0.2) is 0 Å². The van der Waals surface area contributed by atoms with E-state index in [0.717, 1.165) is 24.1 Å². The number of benzene rings is 1. The molecule has 1 N–H and O–H groups in total. The summed E-state index contributed by atoms with van der Waals surface area (Å²) < 4.78 is 0. The molecule has 0 aromatic heterocycles. The minimum Gasteiger partial charge on any atom is -0.380 e. The normalized spacial score (nSPS) is 16.9. The number of hydrogen-bond donors (Lipinski definition) is 1. The summed E-state index contributed by atoms with van der Waals surface area (Å²) in [6, 6.07) is 3.15. The Kier molecular flexibility index (Phi) is 2.54. The Balaban J connectivity index is 2.33. The molecule has 0 amide bonds. The van der Waals surface area contributed by atoms with Gasteiger partial charge in [-0.05, 0) is 38.3 Å². The second-order valence-electron chi connectivity index (χ2n) is 4.56. The summed E-state index contributed by atoms with van der Waals surface area (Å²) >= 11 is 5.86. The molecule has 4 nitrogen and oxygen atoms in total. The van der Waals surface area contributed by atoms with Crippen LogP contribution in [0.1, 0.15) is 25.3 Å². The van der Waals surface area contributed by atoms with Gasteiger partial charge in [-0.3, -0.25) is 10.1 Å². The van der Waals surface area contributed by atoms with Crippen molar-refractivity contribution in [3.8, 4) is 0 Å². The van der Waals surface area contributed by atoms with Gasteiger partial charge >= 0.3 is 0 Å². The summed E-state index contributed by atoms with van der Waals surface area (Å²) in [5, 5.41) is 14.2. The lowest BCUT2D eigenvalue weighted by Gasteiger charge is -2.15. The van der Waals surface area contributed by atoms with Crippen LogP contribution in [0.3, 0.4) is 0 Å². The zero-order valence-electron chi connectivity index (χ0n) is 9.21. The molecule has 0 aliphatic heterocycles. The summed E-state index contributed by atoms with van der Waals surface area (Å²) in [4.78, 5) is 10.2. The molecule has 1 aliphatic rings. The van der Waals surface area contributed by atoms with Crippen molar-refractivity contribution in [3.05, 3.63) is 32.8 Å². The van der Waals surface area contributed by atoms with Crippen molar-refractivity contribution in [1.29, 1.82) is 0 Å². The molecule has 0 radical (unpaired) electrons. The molecule has 5 heteroatoms. The summed E-state index contributed by atoms with van der Waals surface area (Å²) in [6.45, 7) is 3.97. The summed E-state index contributed by atoms with van der Waals surface area (Å²) in [5.41, 5.74) is 1.84. The van der Waals surface area contributed by atoms with Crippen molar-refractivity contribution in [2.45, 2.75) is 32.2 Å². The molecule has 1 aromatic carbocycles. The molecule has 86 valence electrons. The number of rotatable bonds is 3. The van der Waals surface area contributed by atoms with Gasteiger partial charge in [0.2, 0.25) is 0 Å². The Bertz CT molecular complexity index is 456. The van der Waals surface area contributed by atoms with E-state index in [1.165, 1.54) is 6.07 Å². The molecule has 2 rings (SSSR count). The van der Waals surface area contributed by atoms with E-state index in [2.05, 4.69) is 12.2 Å². The first kappa shape index (κ1) is 11.2. The number of halogens is 1. The summed E-state index contributed by atoms with van der Waals surface area (Å²) in [6.07, 6.45) is 2.25. The minimum atomic E-state index is -0.460. The van der Waals surface area contributed by atoms with Crippen LogP contribution in [-0.4, -0.2) is 10.5 Å². The second kappa shape index (κ2) is 3.63. The number of aryl methyl sites for hydroxylation is 1. The predicted octanol–water partition coefficient (Wildman–Crippen LogP) is 3.52. The zero-order chi connectivity index (χ0) is 11.9. The first-order valence-corrected chi connectivity index (χ1v) is 5.52. The van der Waals surface area contributed by atoms with Crippen LogP contribution in [0.4, 0.5) is 11.4 Å². The van der Waals surface area contributed by atoms with Gasteiger partial charge in [-0.2, -0.15) is 0 Å². The molecule has 16 heavy (non-hydrogen) atoms. The van der Waals surface area contributed by atoms with E-state index in [4.69, 9.17) is 11.6 Å². The molecule has 1 aromatic rings. The van der Waals surface area contributed by atoms with Crippen molar-refractivity contribution in [2.75, 3.05) is 5.32 Å². The predicted molar refractivity (Wildman–Crippen MR) is 64.1 cm³/mol. The van der Waals surface area contributed by atoms with E-state index in [1.807, 2.05) is 6.92 Å². The van der Waals surface area contributed by atoms with Crippen LogP contribution in [0.5, 0.6) is 0 Å². The second-order valence-corrected chi connectivity index (χ2v) is 4.97. The highest BCUT2D eigenvalue weighted by molar-refractivity contribution is 6.33. The van der Waals surface area contributed by atoms with Crippen LogP contribution in [-0.2, 0) is 0 Å². The largest absolute Gasteiger partial charge is 0.380 e. The van der Waals surface area contributed by atoms with E-state index in [0.29, 0.717) is 0 Å². The van der Waals surface area contributed by atoms with Crippen LogP contribution in [0.2, 0.25) is 5.02 Å². The van der Waals surface area contributed by atoms with Crippen LogP contribution < -0.4 is 5.32 Å². The number of nitro groups is 1. The van der Waals surface area contributed by atoms with E-state index in [1.54, 1.807) is 6.07 Å². The SMILES string of the molecule is Cc1cc([N+](=O)[O-])c(Cl)cc1NC1(C)CC1. The average Bonchev–Trinajstić information content (AvgIpc) is 2.89. The van der Waals surface area contributed by atoms with E-state index >= 15 is 0 Å². The molecular formula is C11H13ClN2O2. The zero-order valence-corrected chi connectivity index (χ0v) is 9.97. The van der Waals surface area contributed by atoms with Crippen molar-refractivity contribution in [3.63, 3.8) is 0 Å². The number of hydrogen-bond acceptors (Lipinski definition) is 3. The van der Waals surface area contributed by atoms with E-state index in [-0.39, 0.29) is 16.2 Å². The summed E-state index contributed by atoms with van der Waals surface area (Å²) in [7, 11) is 0. The third kappa shape index (κ3) is 2.11. The molecule has 0 saturated heterocycles. The molecule has 1 aliphatic carbocycles. The van der Waals surface area contributed by atoms with Gasteiger partial charge in [0.05, 0.1) is 4.92 Å². The van der Waals surface area contributed by atoms with Crippen LogP contribution in [0.25, 0.3) is 0 Å². The van der Waals surface area contributed by atoms with Gasteiger partial charge in [-0.1, -0.05) is 11.6 Å². The highest BCUT2D eigenvalue weighted by atomic mass is 35.5. The van der Waals surface area contributed by atoms with Crippen molar-refractivity contribution in [2.24, 2.45) is 0 Å². The fourth-order valence-electron chi connectivity index (χ4n) is 1.58. The lowest BCUT2D eigenvalue weighted by atomic mass is 10.1. The number of anilines is 1. The molecule has 1 fully saturated rings. The minimum absolute atomic E-state index is 0.0364. The van der Waals surface area contributed by atoms with Gasteiger partial charge in [0.1, 0.15) is 5.02 Å². The number of nitro benzene ring substituents is 1. The fraction of sp³-hybridized carbons (Fsp3) is 0.455. The highest BCUT2D eigenvalue weighted by Gasteiger charge is 2.37. The number of nitrogens with one attached hydrogen (secondary N) is 1. The van der Waals surface area contributed by atoms with E-state index < -0.39 is 4.92 Å². The molecule has 0 unspecified atom stereocenters. The highest BCUT2D eigenvalue weighted by Crippen LogP contribution is 2.40. The third-order valence-corrected chi connectivity index (χ3v) is 3.23. The molecule has 0 bridgehead atoms. The van der Waals surface area contributed by atoms with Gasteiger partial charge in [-0.25, -0.2) is 0 Å². The van der Waals surface area contributed by atoms with Crippen LogP contribution >= 0.6 is 11.6 Å². The van der Waals surface area contributed by atoms with Crippen molar-refractivity contribution >= 4 is 23.0 Å². The quantitative estimate of drug-likeness (QED) is 0.650. The Hall–Kier alpha value is -1.29. The Morgan fingerprint density at radius 2 is 2.12 bits per heavy atom. The van der Waals surface area contributed by atoms with Crippen LogP contribution in [0.15, 0.2) is 12.1 Å². The lowest BCUT2D eigenvalue weighted by Crippen LogP contribution is -2.16. The Morgan fingerprint density at radius 1 is 1.50 bits per heavy atom. The monoisotopic (exact) mass is 240 g/mol. The van der Waals surface area contributed by atoms with Crippen molar-refractivity contribution < 1.29 is 4.92 Å². The molecular weight excluding hydrogens is 228 g/mol. The van der Waals surface area contributed by atoms with Crippen molar-refractivity contribution in [1.82, 2.24) is 0 Å². The smallest absolute Gasteiger partial charge is 0.288 e. The lowest BCUT2D eigenvalue weighted by molar-refractivity contribution is -0.384. The van der Waals surface area contributed by atoms with Gasteiger partial charge in [0, 0.05) is 17.3 Å². The maximum atomic E-state index is 10.7. The molecule has 0 spiro atoms. The first-order valence-electron chi connectivity index (χ1n) is 5.14. The fourth-order valence-corrected chi connectivity index (χ4v) is 1.81. The maximum Gasteiger partial charge on any atom is 0.288 e. The molecule has 0 atom stereocenters. The topological polar surface area (TPSA) is 55.2 Å².